The van der Waals surface area contributed by atoms with E-state index in [4.69, 9.17) is 14.9 Å². The SMILES string of the molecule is C=CCN1C(=O)/C(=C/c2cccc(OCC(=O)O)c2)SC1=Nc1ccc(C(=O)O)cc1. The summed E-state index contributed by atoms with van der Waals surface area (Å²) in [7, 11) is 0. The summed E-state index contributed by atoms with van der Waals surface area (Å²) in [6.45, 7) is 3.48. The van der Waals surface area contributed by atoms with Crippen LogP contribution < -0.4 is 4.74 Å². The molecular weight excluding hydrogens is 420 g/mol. The molecule has 1 aliphatic heterocycles. The van der Waals surface area contributed by atoms with Crippen LogP contribution in [-0.4, -0.2) is 51.3 Å². The Morgan fingerprint density at radius 1 is 1.16 bits per heavy atom. The van der Waals surface area contributed by atoms with Crippen LogP contribution in [0, 0.1) is 0 Å². The van der Waals surface area contributed by atoms with E-state index in [1.165, 1.54) is 28.8 Å². The van der Waals surface area contributed by atoms with Gasteiger partial charge in [0.15, 0.2) is 11.8 Å². The van der Waals surface area contributed by atoms with E-state index in [0.717, 1.165) is 0 Å². The zero-order chi connectivity index (χ0) is 22.4. The smallest absolute Gasteiger partial charge is 0.341 e. The number of nitrogens with zero attached hydrogens (tertiary/aromatic N) is 2. The maximum Gasteiger partial charge on any atom is 0.341 e. The maximum absolute atomic E-state index is 12.9. The van der Waals surface area contributed by atoms with E-state index in [9.17, 15) is 14.4 Å². The molecule has 1 fully saturated rings. The van der Waals surface area contributed by atoms with Gasteiger partial charge in [0.2, 0.25) is 0 Å². The summed E-state index contributed by atoms with van der Waals surface area (Å²) in [6.07, 6.45) is 3.26. The summed E-state index contributed by atoms with van der Waals surface area (Å²) in [5.74, 6) is -1.98. The van der Waals surface area contributed by atoms with E-state index >= 15 is 0 Å². The Kier molecular flexibility index (Phi) is 6.88. The molecule has 2 aromatic carbocycles. The molecule has 0 aliphatic carbocycles. The highest BCUT2D eigenvalue weighted by atomic mass is 32.2. The second kappa shape index (κ2) is 9.77. The molecule has 3 rings (SSSR count). The van der Waals surface area contributed by atoms with Crippen molar-refractivity contribution in [2.45, 2.75) is 0 Å². The van der Waals surface area contributed by atoms with Gasteiger partial charge in [0.05, 0.1) is 16.2 Å². The van der Waals surface area contributed by atoms with E-state index < -0.39 is 18.5 Å². The molecule has 0 saturated carbocycles. The van der Waals surface area contributed by atoms with Crippen molar-refractivity contribution < 1.29 is 29.3 Å². The molecule has 8 nitrogen and oxygen atoms in total. The van der Waals surface area contributed by atoms with Crippen molar-refractivity contribution in [1.29, 1.82) is 0 Å². The van der Waals surface area contributed by atoms with Crippen LogP contribution in [0.5, 0.6) is 5.75 Å². The Morgan fingerprint density at radius 3 is 2.55 bits per heavy atom. The van der Waals surface area contributed by atoms with E-state index in [-0.39, 0.29) is 18.0 Å². The Bertz CT molecular complexity index is 1090. The second-order valence-corrected chi connectivity index (χ2v) is 7.33. The van der Waals surface area contributed by atoms with Crippen molar-refractivity contribution in [2.75, 3.05) is 13.2 Å². The predicted molar refractivity (Wildman–Crippen MR) is 118 cm³/mol. The molecule has 1 heterocycles. The van der Waals surface area contributed by atoms with Crippen LogP contribution in [0.25, 0.3) is 6.08 Å². The number of aliphatic carboxylic acids is 1. The second-order valence-electron chi connectivity index (χ2n) is 6.32. The molecule has 1 aliphatic rings. The molecule has 1 saturated heterocycles. The van der Waals surface area contributed by atoms with Gasteiger partial charge in [-0.25, -0.2) is 14.6 Å². The molecule has 0 atom stereocenters. The minimum absolute atomic E-state index is 0.146. The number of aliphatic imine (C=N–C) groups is 1. The van der Waals surface area contributed by atoms with Gasteiger partial charge in [0.25, 0.3) is 5.91 Å². The van der Waals surface area contributed by atoms with Gasteiger partial charge in [-0.1, -0.05) is 18.2 Å². The number of thioether (sulfide) groups is 1. The van der Waals surface area contributed by atoms with Crippen LogP contribution in [-0.2, 0) is 9.59 Å². The Morgan fingerprint density at radius 2 is 1.90 bits per heavy atom. The van der Waals surface area contributed by atoms with Crippen molar-refractivity contribution in [3.05, 3.63) is 77.2 Å². The number of carboxylic acid groups (broad SMARTS) is 2. The zero-order valence-corrected chi connectivity index (χ0v) is 17.0. The van der Waals surface area contributed by atoms with Crippen molar-refractivity contribution in [3.63, 3.8) is 0 Å². The van der Waals surface area contributed by atoms with Crippen LogP contribution in [0.2, 0.25) is 0 Å². The molecule has 2 N–H and O–H groups in total. The minimum Gasteiger partial charge on any atom is -0.482 e. The number of rotatable bonds is 8. The Balaban J connectivity index is 1.87. The summed E-state index contributed by atoms with van der Waals surface area (Å²) in [4.78, 5) is 40.9. The molecule has 0 unspecified atom stereocenters. The summed E-state index contributed by atoms with van der Waals surface area (Å²) < 4.78 is 5.18. The number of hydrogen-bond donors (Lipinski definition) is 2. The average Bonchev–Trinajstić information content (AvgIpc) is 3.02. The molecule has 158 valence electrons. The maximum atomic E-state index is 12.9. The minimum atomic E-state index is -1.08. The third kappa shape index (κ3) is 5.61. The number of carbonyl (C=O) groups excluding carboxylic acids is 1. The van der Waals surface area contributed by atoms with E-state index in [1.54, 1.807) is 48.6 Å². The molecule has 1 amide bonds. The van der Waals surface area contributed by atoms with Crippen LogP contribution in [0.1, 0.15) is 15.9 Å². The first-order valence-electron chi connectivity index (χ1n) is 9.06. The van der Waals surface area contributed by atoms with Gasteiger partial charge in [0, 0.05) is 6.54 Å². The van der Waals surface area contributed by atoms with E-state index in [0.29, 0.717) is 27.1 Å². The lowest BCUT2D eigenvalue weighted by molar-refractivity contribution is -0.139. The zero-order valence-electron chi connectivity index (χ0n) is 16.2. The van der Waals surface area contributed by atoms with Gasteiger partial charge < -0.3 is 14.9 Å². The molecule has 9 heteroatoms. The van der Waals surface area contributed by atoms with Crippen molar-refractivity contribution in [1.82, 2.24) is 4.90 Å². The van der Waals surface area contributed by atoms with Gasteiger partial charge in [-0.15, -0.1) is 6.58 Å². The Hall–Kier alpha value is -3.85. The molecule has 0 bridgehead atoms. The van der Waals surface area contributed by atoms with Crippen LogP contribution >= 0.6 is 11.8 Å². The number of carboxylic acids is 2. The average molecular weight is 438 g/mol. The van der Waals surface area contributed by atoms with E-state index in [1.807, 2.05) is 0 Å². The normalized spacial score (nSPS) is 16.0. The highest BCUT2D eigenvalue weighted by molar-refractivity contribution is 8.18. The largest absolute Gasteiger partial charge is 0.482 e. The van der Waals surface area contributed by atoms with Crippen LogP contribution in [0.4, 0.5) is 5.69 Å². The van der Waals surface area contributed by atoms with E-state index in [2.05, 4.69) is 11.6 Å². The van der Waals surface area contributed by atoms with Crippen molar-refractivity contribution >= 4 is 46.5 Å². The number of ether oxygens (including phenoxy) is 1. The lowest BCUT2D eigenvalue weighted by Gasteiger charge is -2.12. The summed E-state index contributed by atoms with van der Waals surface area (Å²) >= 11 is 1.18. The monoisotopic (exact) mass is 438 g/mol. The number of amidine groups is 1. The number of benzene rings is 2. The van der Waals surface area contributed by atoms with Crippen LogP contribution in [0.3, 0.4) is 0 Å². The number of aromatic carboxylic acids is 1. The fourth-order valence-corrected chi connectivity index (χ4v) is 3.67. The molecule has 0 spiro atoms. The standard InChI is InChI=1S/C22H18N2O6S/c1-2-10-24-20(27)18(12-14-4-3-5-17(11-14)30-13-19(25)26)31-22(24)23-16-8-6-15(7-9-16)21(28)29/h2-9,11-12H,1,10,13H2,(H,25,26)(H,28,29)/b18-12-,23-22?. The first-order valence-corrected chi connectivity index (χ1v) is 9.88. The van der Waals surface area contributed by atoms with Gasteiger partial charge in [0.1, 0.15) is 5.75 Å². The highest BCUT2D eigenvalue weighted by Crippen LogP contribution is 2.34. The van der Waals surface area contributed by atoms with Gasteiger partial charge in [-0.3, -0.25) is 9.69 Å². The van der Waals surface area contributed by atoms with Gasteiger partial charge >= 0.3 is 11.9 Å². The summed E-state index contributed by atoms with van der Waals surface area (Å²) in [5.41, 5.74) is 1.33. The topological polar surface area (TPSA) is 117 Å². The summed E-state index contributed by atoms with van der Waals surface area (Å²) in [5, 5.41) is 18.2. The fraction of sp³-hybridized carbons (Fsp3) is 0.0909. The molecule has 0 aromatic heterocycles. The third-order valence-corrected chi connectivity index (χ3v) is 5.06. The lowest BCUT2D eigenvalue weighted by Crippen LogP contribution is -2.29. The quantitative estimate of drug-likeness (QED) is 0.477. The van der Waals surface area contributed by atoms with Crippen molar-refractivity contribution in [3.8, 4) is 5.75 Å². The van der Waals surface area contributed by atoms with Gasteiger partial charge in [-0.2, -0.15) is 0 Å². The number of amides is 1. The Labute approximate surface area is 182 Å². The third-order valence-electron chi connectivity index (χ3n) is 4.06. The first-order chi connectivity index (χ1) is 14.9. The summed E-state index contributed by atoms with van der Waals surface area (Å²) in [6, 6.07) is 12.8. The van der Waals surface area contributed by atoms with Gasteiger partial charge in [-0.05, 0) is 59.8 Å². The molecule has 0 radical (unpaired) electrons. The van der Waals surface area contributed by atoms with Crippen molar-refractivity contribution in [2.24, 2.45) is 4.99 Å². The lowest BCUT2D eigenvalue weighted by atomic mass is 10.2. The number of carbonyl (C=O) groups is 3. The fourth-order valence-electron chi connectivity index (χ4n) is 2.66. The first kappa shape index (κ1) is 21.8. The molecule has 31 heavy (non-hydrogen) atoms. The molecule has 2 aromatic rings. The molecular formula is C22H18N2O6S. The van der Waals surface area contributed by atoms with Crippen LogP contribution in [0.15, 0.2) is 71.1 Å². The predicted octanol–water partition coefficient (Wildman–Crippen LogP) is 3.64. The number of hydrogen-bond acceptors (Lipinski definition) is 6. The highest BCUT2D eigenvalue weighted by Gasteiger charge is 2.32.